The number of rotatable bonds is 5. The lowest BCUT2D eigenvalue weighted by molar-refractivity contribution is -0.117. The topological polar surface area (TPSA) is 83.6 Å². The van der Waals surface area contributed by atoms with E-state index in [1.165, 1.54) is 16.2 Å². The third-order valence-corrected chi connectivity index (χ3v) is 7.60. The molecule has 0 bridgehead atoms. The summed E-state index contributed by atoms with van der Waals surface area (Å²) in [5.41, 5.74) is 2.97. The summed E-state index contributed by atoms with van der Waals surface area (Å²) in [6, 6.07) is 20.9. The summed E-state index contributed by atoms with van der Waals surface area (Å²) in [6.07, 6.45) is 0.845. The van der Waals surface area contributed by atoms with Crippen molar-refractivity contribution >= 4 is 60.9 Å². The number of aromatic nitrogens is 1. The lowest BCUT2D eigenvalue weighted by Crippen LogP contribution is -2.31. The van der Waals surface area contributed by atoms with E-state index in [9.17, 15) is 14.7 Å². The Kier molecular flexibility index (Phi) is 5.39. The molecule has 6 rings (SSSR count). The Hall–Kier alpha value is -3.94. The molecule has 3 heterocycles. The van der Waals surface area contributed by atoms with Crippen molar-refractivity contribution in [1.29, 1.82) is 0 Å². The van der Waals surface area contributed by atoms with Gasteiger partial charge in [-0.15, -0.1) is 0 Å². The van der Waals surface area contributed by atoms with Crippen molar-refractivity contribution in [2.45, 2.75) is 19.4 Å². The van der Waals surface area contributed by atoms with Crippen molar-refractivity contribution in [1.82, 2.24) is 4.98 Å². The number of amides is 1. The molecule has 0 radical (unpaired) electrons. The average molecular weight is 515 g/mol. The fraction of sp³-hybridized carbons (Fsp3) is 0.107. The van der Waals surface area contributed by atoms with Gasteiger partial charge in [-0.25, -0.2) is 4.98 Å². The van der Waals surface area contributed by atoms with Gasteiger partial charge in [-0.2, -0.15) is 0 Å². The van der Waals surface area contributed by atoms with Gasteiger partial charge >= 0.3 is 0 Å². The SMILES string of the molecule is CCc1ccc(C2C(C(=O)c3cc4ccccc4o3)=C(O)C(=O)N2c2nc3ccc(Cl)cc3s2)cc1. The molecule has 0 aliphatic carbocycles. The maximum Gasteiger partial charge on any atom is 0.296 e. The van der Waals surface area contributed by atoms with E-state index in [4.69, 9.17) is 16.0 Å². The van der Waals surface area contributed by atoms with Gasteiger partial charge in [-0.1, -0.05) is 72.3 Å². The fourth-order valence-electron chi connectivity index (χ4n) is 4.50. The first-order valence-electron chi connectivity index (χ1n) is 11.4. The number of ketones is 1. The van der Waals surface area contributed by atoms with Crippen LogP contribution in [0.2, 0.25) is 5.02 Å². The number of anilines is 1. The Morgan fingerprint density at radius 2 is 1.89 bits per heavy atom. The summed E-state index contributed by atoms with van der Waals surface area (Å²) < 4.78 is 6.59. The summed E-state index contributed by atoms with van der Waals surface area (Å²) in [4.78, 5) is 33.2. The molecule has 2 aromatic heterocycles. The molecule has 1 amide bonds. The zero-order chi connectivity index (χ0) is 25.0. The number of fused-ring (bicyclic) bond motifs is 2. The summed E-state index contributed by atoms with van der Waals surface area (Å²) in [7, 11) is 0. The molecular weight excluding hydrogens is 496 g/mol. The molecule has 36 heavy (non-hydrogen) atoms. The molecule has 0 saturated carbocycles. The highest BCUT2D eigenvalue weighted by Crippen LogP contribution is 2.44. The predicted molar refractivity (Wildman–Crippen MR) is 141 cm³/mol. The normalized spacial score (nSPS) is 16.0. The van der Waals surface area contributed by atoms with Gasteiger partial charge in [0.1, 0.15) is 5.58 Å². The number of hydrogen-bond donors (Lipinski definition) is 1. The minimum absolute atomic E-state index is 0.0411. The number of aryl methyl sites for hydroxylation is 1. The molecule has 178 valence electrons. The average Bonchev–Trinajstić information content (AvgIpc) is 3.57. The van der Waals surface area contributed by atoms with Crippen LogP contribution in [0.4, 0.5) is 5.13 Å². The molecule has 1 unspecified atom stereocenters. The number of halogens is 1. The van der Waals surface area contributed by atoms with E-state index >= 15 is 0 Å². The van der Waals surface area contributed by atoms with Crippen LogP contribution in [0.1, 0.15) is 34.6 Å². The van der Waals surface area contributed by atoms with Crippen molar-refractivity contribution in [2.24, 2.45) is 0 Å². The van der Waals surface area contributed by atoms with Crippen molar-refractivity contribution in [3.8, 4) is 0 Å². The van der Waals surface area contributed by atoms with Crippen LogP contribution in [0.3, 0.4) is 0 Å². The molecule has 3 aromatic carbocycles. The van der Waals surface area contributed by atoms with Gasteiger partial charge in [0.2, 0.25) is 5.78 Å². The number of Topliss-reactive ketones (excluding diaryl/α,β-unsaturated/α-hetero) is 1. The first-order chi connectivity index (χ1) is 17.4. The highest BCUT2D eigenvalue weighted by Gasteiger charge is 2.46. The zero-order valence-electron chi connectivity index (χ0n) is 19.1. The molecule has 5 aromatic rings. The summed E-state index contributed by atoms with van der Waals surface area (Å²) >= 11 is 7.42. The van der Waals surface area contributed by atoms with Crippen molar-refractivity contribution in [3.05, 3.63) is 106 Å². The number of thiazole rings is 1. The number of aliphatic hydroxyl groups excluding tert-OH is 1. The van der Waals surface area contributed by atoms with Crippen LogP contribution in [0.15, 0.2) is 88.5 Å². The van der Waals surface area contributed by atoms with Gasteiger partial charge in [0.05, 0.1) is 21.8 Å². The third-order valence-electron chi connectivity index (χ3n) is 6.35. The molecule has 6 nitrogen and oxygen atoms in total. The lowest BCUT2D eigenvalue weighted by Gasteiger charge is -2.24. The van der Waals surface area contributed by atoms with E-state index in [0.29, 0.717) is 26.8 Å². The second-order valence-corrected chi connectivity index (χ2v) is 9.97. The first kappa shape index (κ1) is 22.5. The van der Waals surface area contributed by atoms with E-state index in [1.807, 2.05) is 42.5 Å². The van der Waals surface area contributed by atoms with Crippen molar-refractivity contribution in [3.63, 3.8) is 0 Å². The van der Waals surface area contributed by atoms with Crippen LogP contribution in [0, 0.1) is 0 Å². The first-order valence-corrected chi connectivity index (χ1v) is 12.6. The maximum absolute atomic E-state index is 13.7. The van der Waals surface area contributed by atoms with Crippen molar-refractivity contribution in [2.75, 3.05) is 4.90 Å². The molecule has 0 fully saturated rings. The van der Waals surface area contributed by atoms with Crippen LogP contribution in [0.25, 0.3) is 21.2 Å². The number of carbonyl (C=O) groups excluding carboxylic acids is 2. The second-order valence-electron chi connectivity index (χ2n) is 8.52. The van der Waals surface area contributed by atoms with Crippen LogP contribution in [-0.4, -0.2) is 21.8 Å². The smallest absolute Gasteiger partial charge is 0.296 e. The summed E-state index contributed by atoms with van der Waals surface area (Å²) in [5.74, 6) is -1.79. The number of nitrogens with zero attached hydrogens (tertiary/aromatic N) is 2. The molecule has 0 spiro atoms. The maximum atomic E-state index is 13.7. The largest absolute Gasteiger partial charge is 0.503 e. The number of furan rings is 1. The van der Waals surface area contributed by atoms with Gasteiger partial charge in [0.15, 0.2) is 16.7 Å². The van der Waals surface area contributed by atoms with Crippen LogP contribution in [-0.2, 0) is 11.2 Å². The Morgan fingerprint density at radius 3 is 2.64 bits per heavy atom. The Morgan fingerprint density at radius 1 is 1.11 bits per heavy atom. The number of para-hydroxylation sites is 1. The molecule has 1 aliphatic heterocycles. The van der Waals surface area contributed by atoms with Crippen LogP contribution in [0.5, 0.6) is 0 Å². The van der Waals surface area contributed by atoms with Gasteiger partial charge in [0.25, 0.3) is 5.91 Å². The number of carbonyl (C=O) groups is 2. The quantitative estimate of drug-likeness (QED) is 0.254. The lowest BCUT2D eigenvalue weighted by atomic mass is 9.94. The molecule has 8 heteroatoms. The standard InChI is InChI=1S/C28H19ClN2O4S/c1-2-15-7-9-16(10-8-15)24-23(25(32)21-13-17-5-3-4-6-20(17)35-21)26(33)27(34)31(24)28-30-19-12-11-18(29)14-22(19)36-28/h3-14,24,33H,2H2,1H3. The van der Waals surface area contributed by atoms with E-state index in [-0.39, 0.29) is 11.3 Å². The number of aliphatic hydroxyl groups is 1. The fourth-order valence-corrected chi connectivity index (χ4v) is 5.77. The van der Waals surface area contributed by atoms with Crippen LogP contribution >= 0.6 is 22.9 Å². The van der Waals surface area contributed by atoms with Crippen molar-refractivity contribution < 1.29 is 19.1 Å². The highest BCUT2D eigenvalue weighted by molar-refractivity contribution is 7.22. The van der Waals surface area contributed by atoms with Gasteiger partial charge in [0, 0.05) is 10.4 Å². The molecule has 1 atom stereocenters. The Bertz CT molecular complexity index is 1670. The molecule has 0 saturated heterocycles. The molecule has 1 aliphatic rings. The van der Waals surface area contributed by atoms with E-state index in [1.54, 1.807) is 30.3 Å². The minimum atomic E-state index is -0.875. The highest BCUT2D eigenvalue weighted by atomic mass is 35.5. The Balaban J connectivity index is 1.51. The van der Waals surface area contributed by atoms with Gasteiger partial charge in [-0.3, -0.25) is 14.5 Å². The zero-order valence-corrected chi connectivity index (χ0v) is 20.6. The second kappa shape index (κ2) is 8.62. The summed E-state index contributed by atoms with van der Waals surface area (Å²) in [6.45, 7) is 2.05. The third kappa shape index (κ3) is 3.59. The monoisotopic (exact) mass is 514 g/mol. The predicted octanol–water partition coefficient (Wildman–Crippen LogP) is 7.04. The molecular formula is C28H19ClN2O4S. The van der Waals surface area contributed by atoms with E-state index < -0.39 is 23.5 Å². The molecule has 1 N–H and O–H groups in total. The number of hydrogen-bond acceptors (Lipinski definition) is 6. The summed E-state index contributed by atoms with van der Waals surface area (Å²) in [5, 5.41) is 12.7. The van der Waals surface area contributed by atoms with Gasteiger partial charge < -0.3 is 9.52 Å². The van der Waals surface area contributed by atoms with Gasteiger partial charge in [-0.05, 0) is 47.9 Å². The minimum Gasteiger partial charge on any atom is -0.503 e. The number of benzene rings is 3. The van der Waals surface area contributed by atoms with E-state index in [0.717, 1.165) is 22.1 Å². The van der Waals surface area contributed by atoms with E-state index in [2.05, 4.69) is 11.9 Å². The Labute approximate surface area is 215 Å². The van der Waals surface area contributed by atoms with Crippen LogP contribution < -0.4 is 4.90 Å².